The first-order chi connectivity index (χ1) is 11.7. The molecule has 0 aromatic heterocycles. The molecule has 5 nitrogen and oxygen atoms in total. The predicted octanol–water partition coefficient (Wildman–Crippen LogP) is 2.58. The summed E-state index contributed by atoms with van der Waals surface area (Å²) in [5.41, 5.74) is -0.0620. The third-order valence-electron chi connectivity index (χ3n) is 5.77. The topological polar surface area (TPSA) is 60.9 Å². The van der Waals surface area contributed by atoms with Crippen molar-refractivity contribution in [3.63, 3.8) is 0 Å². The molecule has 25 heavy (non-hydrogen) atoms. The Morgan fingerprint density at radius 1 is 1.36 bits per heavy atom. The molecule has 0 bridgehead atoms. The van der Waals surface area contributed by atoms with Gasteiger partial charge in [0.15, 0.2) is 0 Å². The van der Waals surface area contributed by atoms with Crippen LogP contribution in [0.5, 0.6) is 0 Å². The van der Waals surface area contributed by atoms with Crippen molar-refractivity contribution in [2.45, 2.75) is 33.1 Å². The summed E-state index contributed by atoms with van der Waals surface area (Å²) in [6, 6.07) is 0. The lowest BCUT2D eigenvalue weighted by Gasteiger charge is -2.43. The molecule has 1 unspecified atom stereocenters. The van der Waals surface area contributed by atoms with Crippen LogP contribution < -0.4 is 0 Å². The average Bonchev–Trinajstić information content (AvgIpc) is 2.89. The van der Waals surface area contributed by atoms with Crippen molar-refractivity contribution in [1.29, 1.82) is 0 Å². The van der Waals surface area contributed by atoms with E-state index in [2.05, 4.69) is 25.3 Å². The summed E-state index contributed by atoms with van der Waals surface area (Å²) in [5.74, 6) is -0.670. The van der Waals surface area contributed by atoms with Gasteiger partial charge in [-0.05, 0) is 44.0 Å². The minimum absolute atomic E-state index is 0.0742. The van der Waals surface area contributed by atoms with Crippen molar-refractivity contribution >= 4 is 23.6 Å². The highest BCUT2D eigenvalue weighted by Gasteiger charge is 2.52. The van der Waals surface area contributed by atoms with Crippen LogP contribution in [0.25, 0.3) is 0 Å². The minimum Gasteiger partial charge on any atom is -0.481 e. The number of carbonyl (C=O) groups is 2. The van der Waals surface area contributed by atoms with Crippen molar-refractivity contribution < 1.29 is 14.7 Å². The van der Waals surface area contributed by atoms with Crippen LogP contribution in [-0.2, 0) is 9.59 Å². The second-order valence-corrected chi connectivity index (χ2v) is 9.26. The Morgan fingerprint density at radius 3 is 2.52 bits per heavy atom. The molecule has 2 saturated heterocycles. The fraction of sp³-hybridized carbons (Fsp3) is 0.789. The SMILES string of the molecule is C=CCC(C)(C)CN1CCC2(CC1)CN(C(=O)CSC)CC2C(=O)O. The average molecular weight is 369 g/mol. The van der Waals surface area contributed by atoms with Crippen LogP contribution in [-0.4, -0.2) is 71.5 Å². The lowest BCUT2D eigenvalue weighted by molar-refractivity contribution is -0.146. The highest BCUT2D eigenvalue weighted by Crippen LogP contribution is 2.45. The molecule has 1 atom stereocenters. The van der Waals surface area contributed by atoms with Gasteiger partial charge in [-0.3, -0.25) is 9.59 Å². The highest BCUT2D eigenvalue weighted by molar-refractivity contribution is 7.99. The molecule has 1 amide bonds. The van der Waals surface area contributed by atoms with Gasteiger partial charge >= 0.3 is 5.97 Å². The van der Waals surface area contributed by atoms with Gasteiger partial charge in [-0.1, -0.05) is 19.9 Å². The van der Waals surface area contributed by atoms with E-state index in [1.807, 2.05) is 12.3 Å². The Bertz CT molecular complexity index is 513. The summed E-state index contributed by atoms with van der Waals surface area (Å²) in [4.78, 5) is 28.3. The summed E-state index contributed by atoms with van der Waals surface area (Å²) in [5, 5.41) is 9.71. The molecule has 6 heteroatoms. The molecule has 0 aromatic rings. The van der Waals surface area contributed by atoms with E-state index in [4.69, 9.17) is 0 Å². The van der Waals surface area contributed by atoms with Crippen molar-refractivity contribution in [2.24, 2.45) is 16.7 Å². The minimum atomic E-state index is -0.750. The summed E-state index contributed by atoms with van der Waals surface area (Å²) < 4.78 is 0. The lowest BCUT2D eigenvalue weighted by atomic mass is 9.70. The maximum absolute atomic E-state index is 12.3. The largest absolute Gasteiger partial charge is 0.481 e. The van der Waals surface area contributed by atoms with Crippen molar-refractivity contribution in [3.05, 3.63) is 12.7 Å². The summed E-state index contributed by atoms with van der Waals surface area (Å²) in [6.45, 7) is 12.1. The van der Waals surface area contributed by atoms with Gasteiger partial charge in [-0.15, -0.1) is 6.58 Å². The molecule has 0 aliphatic carbocycles. The number of nitrogens with zero attached hydrogens (tertiary/aromatic N) is 2. The molecule has 142 valence electrons. The number of rotatable bonds is 7. The van der Waals surface area contributed by atoms with Crippen LogP contribution in [0.3, 0.4) is 0 Å². The third kappa shape index (κ3) is 4.79. The van der Waals surface area contributed by atoms with E-state index < -0.39 is 11.9 Å². The number of carboxylic acids is 1. The quantitative estimate of drug-likeness (QED) is 0.700. The fourth-order valence-electron chi connectivity index (χ4n) is 4.44. The molecule has 0 saturated carbocycles. The Kier molecular flexibility index (Phi) is 6.60. The molecule has 0 aromatic carbocycles. The van der Waals surface area contributed by atoms with E-state index in [0.717, 1.165) is 38.9 Å². The van der Waals surface area contributed by atoms with E-state index in [9.17, 15) is 14.7 Å². The standard InChI is InChI=1S/C19H32N2O3S/c1-5-6-18(2,3)13-20-9-7-19(8-10-20)14-21(16(22)12-25-4)11-15(19)17(23)24/h5,15H,1,6-14H2,2-4H3,(H,23,24). The molecule has 2 fully saturated rings. The first-order valence-corrected chi connectivity index (χ1v) is 10.5. The first-order valence-electron chi connectivity index (χ1n) is 9.06. The van der Waals surface area contributed by atoms with Crippen LogP contribution in [0.4, 0.5) is 0 Å². The summed E-state index contributed by atoms with van der Waals surface area (Å²) in [6.07, 6.45) is 6.57. The third-order valence-corrected chi connectivity index (χ3v) is 6.30. The van der Waals surface area contributed by atoms with Crippen LogP contribution in [0, 0.1) is 16.7 Å². The van der Waals surface area contributed by atoms with Crippen LogP contribution in [0.15, 0.2) is 12.7 Å². The molecule has 0 radical (unpaired) electrons. The monoisotopic (exact) mass is 368 g/mol. The zero-order chi connectivity index (χ0) is 18.7. The number of amides is 1. The number of aliphatic carboxylic acids is 1. The van der Waals surface area contributed by atoms with Gasteiger partial charge in [0, 0.05) is 25.0 Å². The van der Waals surface area contributed by atoms with Gasteiger partial charge in [0.2, 0.25) is 5.91 Å². The number of hydrogen-bond donors (Lipinski definition) is 1. The van der Waals surface area contributed by atoms with Gasteiger partial charge in [0.25, 0.3) is 0 Å². The molecule has 2 heterocycles. The maximum atomic E-state index is 12.3. The van der Waals surface area contributed by atoms with Crippen molar-refractivity contribution in [2.75, 3.05) is 44.7 Å². The van der Waals surface area contributed by atoms with E-state index in [-0.39, 0.29) is 16.7 Å². The smallest absolute Gasteiger partial charge is 0.308 e. The van der Waals surface area contributed by atoms with Crippen molar-refractivity contribution in [1.82, 2.24) is 9.80 Å². The zero-order valence-corrected chi connectivity index (χ0v) is 16.6. The van der Waals surface area contributed by atoms with E-state index >= 15 is 0 Å². The van der Waals surface area contributed by atoms with Gasteiger partial charge in [-0.2, -0.15) is 11.8 Å². The first kappa shape index (κ1) is 20.3. The van der Waals surface area contributed by atoms with Gasteiger partial charge in [-0.25, -0.2) is 0 Å². The van der Waals surface area contributed by atoms with Gasteiger partial charge < -0.3 is 14.9 Å². The molecule has 2 aliphatic rings. The second kappa shape index (κ2) is 8.12. The normalized spacial score (nSPS) is 23.8. The Morgan fingerprint density at radius 2 is 2.00 bits per heavy atom. The molecule has 2 rings (SSSR count). The molecule has 1 spiro atoms. The fourth-order valence-corrected chi connectivity index (χ4v) is 4.87. The molecular formula is C19H32N2O3S. The summed E-state index contributed by atoms with van der Waals surface area (Å²) >= 11 is 1.50. The number of carboxylic acid groups (broad SMARTS) is 1. The number of thioether (sulfide) groups is 1. The van der Waals surface area contributed by atoms with Gasteiger partial charge in [0.1, 0.15) is 0 Å². The Balaban J connectivity index is 2.02. The second-order valence-electron chi connectivity index (χ2n) is 8.39. The molecular weight excluding hydrogens is 336 g/mol. The number of hydrogen-bond acceptors (Lipinski definition) is 4. The Labute approximate surface area is 155 Å². The molecule has 2 aliphatic heterocycles. The van der Waals surface area contributed by atoms with Crippen LogP contribution >= 0.6 is 11.8 Å². The van der Waals surface area contributed by atoms with E-state index in [1.165, 1.54) is 11.8 Å². The van der Waals surface area contributed by atoms with Crippen molar-refractivity contribution in [3.8, 4) is 0 Å². The van der Waals surface area contributed by atoms with Gasteiger partial charge in [0.05, 0.1) is 11.7 Å². The number of likely N-dealkylation sites (tertiary alicyclic amines) is 2. The van der Waals surface area contributed by atoms with Crippen LogP contribution in [0.2, 0.25) is 0 Å². The highest BCUT2D eigenvalue weighted by atomic mass is 32.2. The predicted molar refractivity (Wildman–Crippen MR) is 103 cm³/mol. The summed E-state index contributed by atoms with van der Waals surface area (Å²) in [7, 11) is 0. The number of piperidine rings is 1. The van der Waals surface area contributed by atoms with Crippen LogP contribution in [0.1, 0.15) is 33.1 Å². The maximum Gasteiger partial charge on any atom is 0.308 e. The Hall–Kier alpha value is -1.01. The lowest BCUT2D eigenvalue weighted by Crippen LogP contribution is -2.48. The van der Waals surface area contributed by atoms with E-state index in [1.54, 1.807) is 4.90 Å². The number of allylic oxidation sites excluding steroid dienone is 1. The van der Waals surface area contributed by atoms with E-state index in [0.29, 0.717) is 18.8 Å². The molecule has 1 N–H and O–H groups in total. The zero-order valence-electron chi connectivity index (χ0n) is 15.8. The number of carbonyl (C=O) groups excluding carboxylic acids is 1.